The molecule has 0 spiro atoms. The SMILES string of the molecule is CC1(CC(=O)O)OC(=O)C=C1C(=O)O. The highest BCUT2D eigenvalue weighted by molar-refractivity contribution is 6.01. The van der Waals surface area contributed by atoms with Crippen LogP contribution in [0.5, 0.6) is 0 Å². The smallest absolute Gasteiger partial charge is 0.335 e. The molecule has 6 heteroatoms. The van der Waals surface area contributed by atoms with Crippen LogP contribution in [0.1, 0.15) is 13.3 Å². The van der Waals surface area contributed by atoms with Crippen molar-refractivity contribution in [1.82, 2.24) is 0 Å². The van der Waals surface area contributed by atoms with Crippen molar-refractivity contribution in [2.75, 3.05) is 0 Å². The van der Waals surface area contributed by atoms with E-state index < -0.39 is 29.9 Å². The van der Waals surface area contributed by atoms with E-state index in [2.05, 4.69) is 4.74 Å². The van der Waals surface area contributed by atoms with E-state index in [0.717, 1.165) is 6.08 Å². The van der Waals surface area contributed by atoms with E-state index in [-0.39, 0.29) is 5.57 Å². The maximum Gasteiger partial charge on any atom is 0.335 e. The Morgan fingerprint density at radius 2 is 2.07 bits per heavy atom. The topological polar surface area (TPSA) is 101 Å². The quantitative estimate of drug-likeness (QED) is 0.611. The van der Waals surface area contributed by atoms with Crippen molar-refractivity contribution < 1.29 is 29.3 Å². The van der Waals surface area contributed by atoms with E-state index in [1.54, 1.807) is 0 Å². The van der Waals surface area contributed by atoms with Crippen molar-refractivity contribution in [1.29, 1.82) is 0 Å². The van der Waals surface area contributed by atoms with Crippen LogP contribution in [-0.4, -0.2) is 33.7 Å². The zero-order valence-corrected chi connectivity index (χ0v) is 7.31. The maximum atomic E-state index is 10.8. The van der Waals surface area contributed by atoms with Crippen molar-refractivity contribution in [3.05, 3.63) is 11.6 Å². The first-order chi connectivity index (χ1) is 6.35. The lowest BCUT2D eigenvalue weighted by atomic mass is 9.93. The van der Waals surface area contributed by atoms with Crippen LogP contribution in [0.2, 0.25) is 0 Å². The van der Waals surface area contributed by atoms with Crippen LogP contribution >= 0.6 is 0 Å². The third kappa shape index (κ3) is 1.73. The molecule has 0 amide bonds. The molecule has 1 rings (SSSR count). The molecule has 1 heterocycles. The van der Waals surface area contributed by atoms with Crippen LogP contribution in [0.3, 0.4) is 0 Å². The van der Waals surface area contributed by atoms with Gasteiger partial charge in [-0.15, -0.1) is 0 Å². The summed E-state index contributed by atoms with van der Waals surface area (Å²) in [6, 6.07) is 0. The number of carbonyl (C=O) groups is 3. The summed E-state index contributed by atoms with van der Waals surface area (Å²) in [6.07, 6.45) is 0.238. The number of rotatable bonds is 3. The molecule has 1 aliphatic rings. The molecular formula is C8H8O6. The molecule has 1 aliphatic heterocycles. The Morgan fingerprint density at radius 3 is 2.50 bits per heavy atom. The van der Waals surface area contributed by atoms with Gasteiger partial charge in [-0.1, -0.05) is 0 Å². The third-order valence-corrected chi connectivity index (χ3v) is 1.88. The summed E-state index contributed by atoms with van der Waals surface area (Å²) in [5.41, 5.74) is -1.89. The Balaban J connectivity index is 3.00. The van der Waals surface area contributed by atoms with Crippen LogP contribution in [0.4, 0.5) is 0 Å². The van der Waals surface area contributed by atoms with Crippen LogP contribution < -0.4 is 0 Å². The first-order valence-electron chi connectivity index (χ1n) is 3.75. The first-order valence-corrected chi connectivity index (χ1v) is 3.75. The molecule has 0 aliphatic carbocycles. The number of aliphatic carboxylic acids is 2. The molecule has 0 aromatic heterocycles. The second kappa shape index (κ2) is 3.13. The summed E-state index contributed by atoms with van der Waals surface area (Å²) in [4.78, 5) is 31.9. The molecule has 2 N–H and O–H groups in total. The molecule has 0 fully saturated rings. The predicted octanol–water partition coefficient (Wildman–Crippen LogP) is -0.212. The standard InChI is InChI=1S/C8H8O6/c1-8(3-5(9)10)4(7(12)13)2-6(11)14-8/h2H,3H2,1H3,(H,9,10)(H,12,13). The van der Waals surface area contributed by atoms with Crippen molar-refractivity contribution in [3.63, 3.8) is 0 Å². The van der Waals surface area contributed by atoms with Gasteiger partial charge in [0.2, 0.25) is 0 Å². The van der Waals surface area contributed by atoms with Crippen molar-refractivity contribution in [2.45, 2.75) is 18.9 Å². The Bertz CT molecular complexity index is 342. The van der Waals surface area contributed by atoms with Gasteiger partial charge in [-0.05, 0) is 6.92 Å². The van der Waals surface area contributed by atoms with E-state index in [4.69, 9.17) is 10.2 Å². The Hall–Kier alpha value is -1.85. The van der Waals surface area contributed by atoms with Gasteiger partial charge in [-0.2, -0.15) is 0 Å². The molecule has 14 heavy (non-hydrogen) atoms. The summed E-state index contributed by atoms with van der Waals surface area (Å²) in [5, 5.41) is 17.2. The minimum absolute atomic E-state index is 0.329. The molecule has 76 valence electrons. The fourth-order valence-electron chi connectivity index (χ4n) is 1.28. The predicted molar refractivity (Wildman–Crippen MR) is 42.5 cm³/mol. The minimum Gasteiger partial charge on any atom is -0.481 e. The molecular weight excluding hydrogens is 192 g/mol. The molecule has 1 unspecified atom stereocenters. The van der Waals surface area contributed by atoms with E-state index in [9.17, 15) is 14.4 Å². The highest BCUT2D eigenvalue weighted by atomic mass is 16.6. The summed E-state index contributed by atoms with van der Waals surface area (Å²) in [7, 11) is 0. The Morgan fingerprint density at radius 1 is 1.50 bits per heavy atom. The van der Waals surface area contributed by atoms with Gasteiger partial charge in [0.05, 0.1) is 12.0 Å². The van der Waals surface area contributed by atoms with Crippen LogP contribution in [0.25, 0.3) is 0 Å². The fraction of sp³-hybridized carbons (Fsp3) is 0.375. The Labute approximate surface area is 78.8 Å². The van der Waals surface area contributed by atoms with Crippen molar-refractivity contribution in [3.8, 4) is 0 Å². The van der Waals surface area contributed by atoms with Gasteiger partial charge in [-0.3, -0.25) is 4.79 Å². The number of hydrogen-bond acceptors (Lipinski definition) is 4. The second-order valence-electron chi connectivity index (χ2n) is 3.09. The normalized spacial score (nSPS) is 25.5. The number of carboxylic acids is 2. The third-order valence-electron chi connectivity index (χ3n) is 1.88. The molecule has 0 saturated carbocycles. The number of cyclic esters (lactones) is 1. The zero-order valence-electron chi connectivity index (χ0n) is 7.31. The van der Waals surface area contributed by atoms with E-state index in [1.165, 1.54) is 6.92 Å². The lowest BCUT2D eigenvalue weighted by molar-refractivity contribution is -0.152. The zero-order chi connectivity index (χ0) is 10.9. The van der Waals surface area contributed by atoms with Crippen molar-refractivity contribution in [2.24, 2.45) is 0 Å². The molecule has 0 aromatic rings. The van der Waals surface area contributed by atoms with Gasteiger partial charge in [0, 0.05) is 6.08 Å². The molecule has 1 atom stereocenters. The summed E-state index contributed by atoms with van der Waals surface area (Å²) < 4.78 is 4.64. The number of hydrogen-bond donors (Lipinski definition) is 2. The second-order valence-corrected chi connectivity index (χ2v) is 3.09. The molecule has 0 bridgehead atoms. The van der Waals surface area contributed by atoms with Gasteiger partial charge in [0.15, 0.2) is 5.60 Å². The lowest BCUT2D eigenvalue weighted by Crippen LogP contribution is -2.34. The first kappa shape index (κ1) is 10.2. The fourth-order valence-corrected chi connectivity index (χ4v) is 1.28. The van der Waals surface area contributed by atoms with E-state index >= 15 is 0 Å². The van der Waals surface area contributed by atoms with Gasteiger partial charge in [-0.25, -0.2) is 9.59 Å². The highest BCUT2D eigenvalue weighted by Gasteiger charge is 2.44. The van der Waals surface area contributed by atoms with Gasteiger partial charge >= 0.3 is 17.9 Å². The summed E-state index contributed by atoms with van der Waals surface area (Å²) in [6.45, 7) is 1.26. The van der Waals surface area contributed by atoms with Crippen LogP contribution in [-0.2, 0) is 19.1 Å². The molecule has 0 saturated heterocycles. The number of ether oxygens (including phenoxy) is 1. The van der Waals surface area contributed by atoms with Gasteiger partial charge < -0.3 is 14.9 Å². The number of carboxylic acid groups (broad SMARTS) is 2. The van der Waals surface area contributed by atoms with Crippen LogP contribution in [0.15, 0.2) is 11.6 Å². The largest absolute Gasteiger partial charge is 0.481 e. The summed E-state index contributed by atoms with van der Waals surface area (Å²) in [5.74, 6) is -3.40. The van der Waals surface area contributed by atoms with E-state index in [0.29, 0.717) is 0 Å². The molecule has 0 radical (unpaired) electrons. The number of carbonyl (C=O) groups excluding carboxylic acids is 1. The lowest BCUT2D eigenvalue weighted by Gasteiger charge is -2.22. The highest BCUT2D eigenvalue weighted by Crippen LogP contribution is 2.31. The maximum absolute atomic E-state index is 10.8. The minimum atomic E-state index is -1.56. The average Bonchev–Trinajstić information content (AvgIpc) is 2.23. The van der Waals surface area contributed by atoms with E-state index in [1.807, 2.05) is 0 Å². The van der Waals surface area contributed by atoms with Crippen LogP contribution in [0, 0.1) is 0 Å². The monoisotopic (exact) mass is 200 g/mol. The molecule has 6 nitrogen and oxygen atoms in total. The number of esters is 1. The van der Waals surface area contributed by atoms with Gasteiger partial charge in [0.25, 0.3) is 0 Å². The van der Waals surface area contributed by atoms with Crippen molar-refractivity contribution >= 4 is 17.9 Å². The molecule has 0 aromatic carbocycles. The van der Waals surface area contributed by atoms with Gasteiger partial charge in [0.1, 0.15) is 0 Å². The Kier molecular flexibility index (Phi) is 2.29. The average molecular weight is 200 g/mol. The summed E-state index contributed by atoms with van der Waals surface area (Å²) >= 11 is 0.